The standard InChI is InChI=1S/C9H17N3O5S/c10-8(13)5-12-3-1-7(2-4-12)11-18(16,17)6-9(14)15/h7,11H,1-6H2,(H2,10,13)(H,14,15). The van der Waals surface area contributed by atoms with E-state index in [1.54, 1.807) is 0 Å². The van der Waals surface area contributed by atoms with Gasteiger partial charge in [0.15, 0.2) is 5.75 Å². The number of piperidine rings is 1. The largest absolute Gasteiger partial charge is 0.480 e. The van der Waals surface area contributed by atoms with E-state index in [2.05, 4.69) is 4.72 Å². The van der Waals surface area contributed by atoms with Gasteiger partial charge in [-0.25, -0.2) is 13.1 Å². The molecule has 0 spiro atoms. The maximum Gasteiger partial charge on any atom is 0.320 e. The third-order valence-corrected chi connectivity index (χ3v) is 3.95. The molecule has 0 aromatic rings. The molecule has 4 N–H and O–H groups in total. The second kappa shape index (κ2) is 6.12. The summed E-state index contributed by atoms with van der Waals surface area (Å²) in [4.78, 5) is 22.9. The highest BCUT2D eigenvalue weighted by Crippen LogP contribution is 2.10. The fourth-order valence-corrected chi connectivity index (χ4v) is 3.04. The van der Waals surface area contributed by atoms with Crippen LogP contribution in [0.1, 0.15) is 12.8 Å². The Hall–Kier alpha value is -1.19. The number of likely N-dealkylation sites (tertiary alicyclic amines) is 1. The Morgan fingerprint density at radius 2 is 1.89 bits per heavy atom. The molecule has 1 rings (SSSR count). The van der Waals surface area contributed by atoms with E-state index in [1.165, 1.54) is 0 Å². The van der Waals surface area contributed by atoms with Crippen LogP contribution in [0.4, 0.5) is 0 Å². The van der Waals surface area contributed by atoms with Crippen LogP contribution in [0.5, 0.6) is 0 Å². The number of carbonyl (C=O) groups excluding carboxylic acids is 1. The van der Waals surface area contributed by atoms with E-state index in [0.717, 1.165) is 0 Å². The number of aliphatic carboxylic acids is 1. The zero-order valence-electron chi connectivity index (χ0n) is 9.83. The first-order valence-corrected chi connectivity index (χ1v) is 7.16. The van der Waals surface area contributed by atoms with E-state index in [-0.39, 0.29) is 12.6 Å². The van der Waals surface area contributed by atoms with Crippen LogP contribution in [-0.2, 0) is 19.6 Å². The summed E-state index contributed by atoms with van der Waals surface area (Å²) in [5.41, 5.74) is 5.06. The first-order chi connectivity index (χ1) is 8.28. The van der Waals surface area contributed by atoms with Gasteiger partial charge in [-0.2, -0.15) is 0 Å². The number of nitrogens with zero attached hydrogens (tertiary/aromatic N) is 1. The summed E-state index contributed by atoms with van der Waals surface area (Å²) in [5.74, 6) is -2.72. The van der Waals surface area contributed by atoms with Crippen molar-refractivity contribution in [3.8, 4) is 0 Å². The number of primary amides is 1. The van der Waals surface area contributed by atoms with Gasteiger partial charge in [0.05, 0.1) is 6.54 Å². The minimum absolute atomic E-state index is 0.161. The fraction of sp³-hybridized carbons (Fsp3) is 0.778. The molecule has 0 aliphatic carbocycles. The number of nitrogens with one attached hydrogen (secondary N) is 1. The van der Waals surface area contributed by atoms with Crippen molar-refractivity contribution in [2.24, 2.45) is 5.73 Å². The van der Waals surface area contributed by atoms with Crippen molar-refractivity contribution in [2.75, 3.05) is 25.4 Å². The van der Waals surface area contributed by atoms with Crippen LogP contribution in [0.15, 0.2) is 0 Å². The van der Waals surface area contributed by atoms with Gasteiger partial charge < -0.3 is 10.8 Å². The molecule has 0 aromatic heterocycles. The molecule has 0 aromatic carbocycles. The normalized spacial score (nSPS) is 18.7. The molecular weight excluding hydrogens is 262 g/mol. The third-order valence-electron chi connectivity index (χ3n) is 2.63. The van der Waals surface area contributed by atoms with E-state index in [4.69, 9.17) is 10.8 Å². The number of amides is 1. The predicted molar refractivity (Wildman–Crippen MR) is 63.2 cm³/mol. The number of carboxylic acid groups (broad SMARTS) is 1. The number of nitrogens with two attached hydrogens (primary N) is 1. The van der Waals surface area contributed by atoms with Gasteiger partial charge in [-0.05, 0) is 12.8 Å². The van der Waals surface area contributed by atoms with E-state index in [9.17, 15) is 18.0 Å². The van der Waals surface area contributed by atoms with E-state index in [0.29, 0.717) is 25.9 Å². The van der Waals surface area contributed by atoms with Crippen molar-refractivity contribution in [1.82, 2.24) is 9.62 Å². The summed E-state index contributed by atoms with van der Waals surface area (Å²) in [6.07, 6.45) is 1.07. The van der Waals surface area contributed by atoms with Crippen molar-refractivity contribution < 1.29 is 23.1 Å². The number of carboxylic acids is 1. The predicted octanol–water partition coefficient (Wildman–Crippen LogP) is -2.06. The Morgan fingerprint density at radius 3 is 2.33 bits per heavy atom. The van der Waals surface area contributed by atoms with Gasteiger partial charge in [-0.3, -0.25) is 14.5 Å². The van der Waals surface area contributed by atoms with Crippen LogP contribution in [0.2, 0.25) is 0 Å². The van der Waals surface area contributed by atoms with Crippen molar-refractivity contribution in [2.45, 2.75) is 18.9 Å². The topological polar surface area (TPSA) is 130 Å². The Kier molecular flexibility index (Phi) is 5.05. The molecule has 9 heteroatoms. The maximum absolute atomic E-state index is 11.4. The highest BCUT2D eigenvalue weighted by molar-refractivity contribution is 7.90. The van der Waals surface area contributed by atoms with Gasteiger partial charge in [0.25, 0.3) is 0 Å². The van der Waals surface area contributed by atoms with Gasteiger partial charge in [0.1, 0.15) is 0 Å². The van der Waals surface area contributed by atoms with Gasteiger partial charge in [-0.1, -0.05) is 0 Å². The first-order valence-electron chi connectivity index (χ1n) is 5.51. The minimum atomic E-state index is -3.78. The van der Waals surface area contributed by atoms with Crippen molar-refractivity contribution in [3.63, 3.8) is 0 Å². The highest BCUT2D eigenvalue weighted by Gasteiger charge is 2.25. The third kappa shape index (κ3) is 5.43. The molecule has 1 heterocycles. The highest BCUT2D eigenvalue weighted by atomic mass is 32.2. The van der Waals surface area contributed by atoms with Crippen molar-refractivity contribution in [3.05, 3.63) is 0 Å². The molecule has 1 aliphatic rings. The molecule has 1 amide bonds. The molecule has 0 bridgehead atoms. The number of carbonyl (C=O) groups is 2. The molecule has 18 heavy (non-hydrogen) atoms. The van der Waals surface area contributed by atoms with Gasteiger partial charge in [0, 0.05) is 19.1 Å². The van der Waals surface area contributed by atoms with E-state index < -0.39 is 27.7 Å². The smallest absolute Gasteiger partial charge is 0.320 e. The molecule has 0 unspecified atom stereocenters. The molecule has 104 valence electrons. The van der Waals surface area contributed by atoms with E-state index >= 15 is 0 Å². The first kappa shape index (κ1) is 14.9. The van der Waals surface area contributed by atoms with Crippen molar-refractivity contribution in [1.29, 1.82) is 0 Å². The molecule has 8 nitrogen and oxygen atoms in total. The Labute approximate surface area is 105 Å². The van der Waals surface area contributed by atoms with Gasteiger partial charge in [-0.15, -0.1) is 0 Å². The maximum atomic E-state index is 11.4. The second-order valence-electron chi connectivity index (χ2n) is 4.29. The lowest BCUT2D eigenvalue weighted by atomic mass is 10.1. The lowest BCUT2D eigenvalue weighted by Gasteiger charge is -2.31. The van der Waals surface area contributed by atoms with Gasteiger partial charge in [0.2, 0.25) is 15.9 Å². The molecule has 1 aliphatic heterocycles. The summed E-state index contributed by atoms with van der Waals surface area (Å²) in [5, 5.41) is 8.44. The van der Waals surface area contributed by atoms with Crippen LogP contribution < -0.4 is 10.5 Å². The molecule has 0 atom stereocenters. The summed E-state index contributed by atoms with van der Waals surface area (Å²) < 4.78 is 25.1. The summed E-state index contributed by atoms with van der Waals surface area (Å²) >= 11 is 0. The van der Waals surface area contributed by atoms with Crippen LogP contribution in [0.3, 0.4) is 0 Å². The second-order valence-corrected chi connectivity index (χ2v) is 6.04. The SMILES string of the molecule is NC(=O)CN1CCC(NS(=O)(=O)CC(=O)O)CC1. The van der Waals surface area contributed by atoms with Gasteiger partial charge >= 0.3 is 5.97 Å². The lowest BCUT2D eigenvalue weighted by molar-refractivity contribution is -0.134. The molecule has 1 saturated heterocycles. The lowest BCUT2D eigenvalue weighted by Crippen LogP contribution is -2.47. The number of sulfonamides is 1. The molecule has 0 radical (unpaired) electrons. The Morgan fingerprint density at radius 1 is 1.33 bits per heavy atom. The summed E-state index contributed by atoms with van der Waals surface area (Å²) in [6, 6.07) is -0.279. The zero-order chi connectivity index (χ0) is 13.8. The molecule has 1 fully saturated rings. The average molecular weight is 279 g/mol. The molecule has 0 saturated carbocycles. The number of rotatable bonds is 6. The summed E-state index contributed by atoms with van der Waals surface area (Å²) in [6.45, 7) is 1.28. The minimum Gasteiger partial charge on any atom is -0.480 e. The number of hydrogen-bond donors (Lipinski definition) is 3. The fourth-order valence-electron chi connectivity index (χ4n) is 1.89. The van der Waals surface area contributed by atoms with Crippen LogP contribution >= 0.6 is 0 Å². The monoisotopic (exact) mass is 279 g/mol. The van der Waals surface area contributed by atoms with Crippen LogP contribution in [0.25, 0.3) is 0 Å². The van der Waals surface area contributed by atoms with Crippen LogP contribution in [-0.4, -0.2) is 61.7 Å². The van der Waals surface area contributed by atoms with E-state index in [1.807, 2.05) is 4.90 Å². The quantitative estimate of drug-likeness (QED) is 0.512. The Balaban J connectivity index is 2.40. The zero-order valence-corrected chi connectivity index (χ0v) is 10.6. The molecular formula is C9H17N3O5S. The average Bonchev–Trinajstić information content (AvgIpc) is 2.17. The summed E-state index contributed by atoms with van der Waals surface area (Å²) in [7, 11) is -3.78. The van der Waals surface area contributed by atoms with Crippen LogP contribution in [0, 0.1) is 0 Å². The number of hydrogen-bond acceptors (Lipinski definition) is 5. The Bertz CT molecular complexity index is 414. The van der Waals surface area contributed by atoms with Crippen molar-refractivity contribution >= 4 is 21.9 Å².